The molecular weight excluding hydrogens is 379 g/mol. The number of nitrogens with zero attached hydrogens (tertiary/aromatic N) is 4. The fraction of sp³-hybridized carbons (Fsp3) is 0.400. The van der Waals surface area contributed by atoms with Gasteiger partial charge < -0.3 is 19.2 Å². The van der Waals surface area contributed by atoms with E-state index in [0.717, 1.165) is 0 Å². The summed E-state index contributed by atoms with van der Waals surface area (Å²) in [5.74, 6) is -0.471. The fourth-order valence-electron chi connectivity index (χ4n) is 3.85. The molecule has 2 aliphatic rings. The first-order chi connectivity index (χ1) is 13.9. The van der Waals surface area contributed by atoms with Gasteiger partial charge in [-0.1, -0.05) is 17.3 Å². The van der Waals surface area contributed by atoms with Crippen LogP contribution < -0.4 is 0 Å². The summed E-state index contributed by atoms with van der Waals surface area (Å²) in [5, 5.41) is 3.76. The zero-order chi connectivity index (χ0) is 20.5. The summed E-state index contributed by atoms with van der Waals surface area (Å²) in [6, 6.07) is 6.94. The molecule has 0 bridgehead atoms. The van der Waals surface area contributed by atoms with Crippen LogP contribution in [0.15, 0.2) is 34.9 Å². The van der Waals surface area contributed by atoms with E-state index < -0.39 is 6.04 Å². The molecule has 1 unspecified atom stereocenters. The van der Waals surface area contributed by atoms with E-state index in [0.29, 0.717) is 30.8 Å². The highest BCUT2D eigenvalue weighted by Crippen LogP contribution is 2.22. The lowest BCUT2D eigenvalue weighted by Gasteiger charge is -2.39. The normalized spacial score (nSPS) is 19.9. The summed E-state index contributed by atoms with van der Waals surface area (Å²) in [7, 11) is 0. The van der Waals surface area contributed by atoms with Crippen molar-refractivity contribution < 1.29 is 23.3 Å². The van der Waals surface area contributed by atoms with Gasteiger partial charge in [-0.15, -0.1) is 0 Å². The van der Waals surface area contributed by atoms with Crippen molar-refractivity contribution in [3.05, 3.63) is 53.2 Å². The Morgan fingerprint density at radius 2 is 2.07 bits per heavy atom. The number of halogens is 1. The summed E-state index contributed by atoms with van der Waals surface area (Å²) in [6.07, 6.45) is 0.340. The molecule has 0 radical (unpaired) electrons. The first-order valence-electron chi connectivity index (χ1n) is 9.47. The Hall–Kier alpha value is -3.23. The van der Waals surface area contributed by atoms with E-state index in [2.05, 4.69) is 5.16 Å². The highest BCUT2D eigenvalue weighted by atomic mass is 19.1. The molecule has 0 saturated carbocycles. The number of piperazine rings is 1. The maximum atomic E-state index is 13.4. The van der Waals surface area contributed by atoms with Gasteiger partial charge in [-0.25, -0.2) is 4.39 Å². The molecule has 152 valence electrons. The number of fused-ring (bicyclic) bond motifs is 1. The minimum atomic E-state index is -0.623. The van der Waals surface area contributed by atoms with Crippen LogP contribution in [0.5, 0.6) is 0 Å². The Morgan fingerprint density at radius 3 is 2.79 bits per heavy atom. The van der Waals surface area contributed by atoms with Crippen LogP contribution in [0.2, 0.25) is 0 Å². The van der Waals surface area contributed by atoms with E-state index in [1.54, 1.807) is 34.9 Å². The molecule has 1 aromatic carbocycles. The first-order valence-corrected chi connectivity index (χ1v) is 9.47. The molecule has 29 heavy (non-hydrogen) atoms. The second-order valence-corrected chi connectivity index (χ2v) is 7.33. The Balaban J connectivity index is 1.47. The summed E-state index contributed by atoms with van der Waals surface area (Å²) >= 11 is 0. The van der Waals surface area contributed by atoms with Gasteiger partial charge in [-0.05, 0) is 31.0 Å². The van der Waals surface area contributed by atoms with Crippen LogP contribution in [-0.4, -0.2) is 69.8 Å². The van der Waals surface area contributed by atoms with Gasteiger partial charge in [0.05, 0.1) is 0 Å². The smallest absolute Gasteiger partial charge is 0.276 e. The zero-order valence-corrected chi connectivity index (χ0v) is 16.0. The first kappa shape index (κ1) is 19.1. The number of aromatic nitrogens is 1. The maximum Gasteiger partial charge on any atom is 0.276 e. The molecule has 4 rings (SSSR count). The molecule has 1 aromatic heterocycles. The van der Waals surface area contributed by atoms with E-state index in [4.69, 9.17) is 4.52 Å². The van der Waals surface area contributed by atoms with Crippen LogP contribution in [0.4, 0.5) is 4.39 Å². The van der Waals surface area contributed by atoms with Gasteiger partial charge >= 0.3 is 0 Å². The van der Waals surface area contributed by atoms with E-state index in [9.17, 15) is 18.8 Å². The minimum Gasteiger partial charge on any atom is -0.361 e. The lowest BCUT2D eigenvalue weighted by atomic mass is 10.1. The number of aryl methyl sites for hydroxylation is 1. The van der Waals surface area contributed by atoms with Gasteiger partial charge in [0.2, 0.25) is 11.8 Å². The van der Waals surface area contributed by atoms with Crippen LogP contribution in [0.1, 0.15) is 28.2 Å². The Labute approximate surface area is 166 Å². The third-order valence-electron chi connectivity index (χ3n) is 5.30. The zero-order valence-electron chi connectivity index (χ0n) is 16.0. The molecular formula is C20H21FN4O4. The molecule has 0 aliphatic carbocycles. The third-order valence-corrected chi connectivity index (χ3v) is 5.30. The molecule has 2 fully saturated rings. The fourth-order valence-corrected chi connectivity index (χ4v) is 3.85. The molecule has 8 nitrogen and oxygen atoms in total. The lowest BCUT2D eigenvalue weighted by molar-refractivity contribution is -0.156. The van der Waals surface area contributed by atoms with E-state index >= 15 is 0 Å². The largest absolute Gasteiger partial charge is 0.361 e. The van der Waals surface area contributed by atoms with Gasteiger partial charge in [0, 0.05) is 32.2 Å². The van der Waals surface area contributed by atoms with E-state index in [1.165, 1.54) is 17.0 Å². The van der Waals surface area contributed by atoms with Crippen molar-refractivity contribution in [3.8, 4) is 0 Å². The lowest BCUT2D eigenvalue weighted by Crippen LogP contribution is -2.59. The highest BCUT2D eigenvalue weighted by Gasteiger charge is 2.41. The van der Waals surface area contributed by atoms with Crippen molar-refractivity contribution in [2.75, 3.05) is 26.2 Å². The van der Waals surface area contributed by atoms with E-state index in [1.807, 2.05) is 0 Å². The highest BCUT2D eigenvalue weighted by molar-refractivity contribution is 5.95. The minimum absolute atomic E-state index is 0.0533. The van der Waals surface area contributed by atoms with Crippen molar-refractivity contribution in [1.29, 1.82) is 0 Å². The molecule has 2 aromatic rings. The van der Waals surface area contributed by atoms with Crippen molar-refractivity contribution in [2.45, 2.75) is 25.9 Å². The summed E-state index contributed by atoms with van der Waals surface area (Å²) < 4.78 is 18.4. The average molecular weight is 400 g/mol. The molecule has 1 atom stereocenters. The number of carbonyl (C=O) groups is 3. The number of benzene rings is 1. The summed E-state index contributed by atoms with van der Waals surface area (Å²) in [4.78, 5) is 42.9. The Morgan fingerprint density at radius 1 is 1.24 bits per heavy atom. The number of carbonyl (C=O) groups excluding carboxylic acids is 3. The Bertz CT molecular complexity index is 959. The van der Waals surface area contributed by atoms with Gasteiger partial charge in [-0.2, -0.15) is 0 Å². The summed E-state index contributed by atoms with van der Waals surface area (Å²) in [6.45, 7) is 2.77. The molecule has 0 spiro atoms. The molecule has 3 amide bonds. The SMILES string of the molecule is Cc1cc(C(=O)N2CCC3C(=O)N(Cc4cccc(F)c4)CC(=O)N3CC2)no1. The molecule has 2 aliphatic heterocycles. The second kappa shape index (κ2) is 7.65. The quantitative estimate of drug-likeness (QED) is 0.773. The predicted octanol–water partition coefficient (Wildman–Crippen LogP) is 1.21. The van der Waals surface area contributed by atoms with Crippen LogP contribution in [0.25, 0.3) is 0 Å². The van der Waals surface area contributed by atoms with Gasteiger partial charge in [0.1, 0.15) is 24.2 Å². The van der Waals surface area contributed by atoms with Crippen LogP contribution in [-0.2, 0) is 16.1 Å². The van der Waals surface area contributed by atoms with Crippen molar-refractivity contribution in [3.63, 3.8) is 0 Å². The molecule has 9 heteroatoms. The average Bonchev–Trinajstić information content (AvgIpc) is 2.99. The van der Waals surface area contributed by atoms with Crippen molar-refractivity contribution in [1.82, 2.24) is 19.9 Å². The Kier molecular flexibility index (Phi) is 5.04. The number of rotatable bonds is 3. The van der Waals surface area contributed by atoms with Gasteiger partial charge in [-0.3, -0.25) is 14.4 Å². The second-order valence-electron chi connectivity index (χ2n) is 7.33. The van der Waals surface area contributed by atoms with Crippen LogP contribution >= 0.6 is 0 Å². The number of hydrogen-bond acceptors (Lipinski definition) is 5. The van der Waals surface area contributed by atoms with E-state index in [-0.39, 0.29) is 48.9 Å². The van der Waals surface area contributed by atoms with Crippen molar-refractivity contribution in [2.24, 2.45) is 0 Å². The van der Waals surface area contributed by atoms with Crippen LogP contribution in [0.3, 0.4) is 0 Å². The van der Waals surface area contributed by atoms with Gasteiger partial charge in [0.15, 0.2) is 5.69 Å². The van der Waals surface area contributed by atoms with Crippen molar-refractivity contribution >= 4 is 17.7 Å². The monoisotopic (exact) mass is 400 g/mol. The maximum absolute atomic E-state index is 13.4. The number of amides is 3. The van der Waals surface area contributed by atoms with Gasteiger partial charge in [0.25, 0.3) is 5.91 Å². The topological polar surface area (TPSA) is 87.0 Å². The predicted molar refractivity (Wildman–Crippen MR) is 99.1 cm³/mol. The number of hydrogen-bond donors (Lipinski definition) is 0. The third kappa shape index (κ3) is 3.85. The summed E-state index contributed by atoms with van der Waals surface area (Å²) in [5.41, 5.74) is 0.846. The standard InChI is InChI=1S/C20H21FN4O4/c1-13-9-16(22-29-13)19(27)23-6-5-17-20(28)24(12-18(26)25(17)8-7-23)11-14-3-2-4-15(21)10-14/h2-4,9-10,17H,5-8,11-12H2,1H3. The molecule has 0 N–H and O–H groups in total. The molecule has 2 saturated heterocycles. The van der Waals surface area contributed by atoms with Crippen LogP contribution in [0, 0.1) is 12.7 Å². The molecule has 3 heterocycles.